The van der Waals surface area contributed by atoms with Crippen molar-refractivity contribution in [2.45, 2.75) is 19.3 Å². The van der Waals surface area contributed by atoms with Crippen LogP contribution in [0.2, 0.25) is 5.02 Å². The van der Waals surface area contributed by atoms with Crippen LogP contribution in [0, 0.1) is 5.41 Å². The van der Waals surface area contributed by atoms with Crippen LogP contribution in [0.1, 0.15) is 19.3 Å². The maximum atomic E-state index is 13.0. The van der Waals surface area contributed by atoms with Crippen molar-refractivity contribution >= 4 is 34.1 Å². The van der Waals surface area contributed by atoms with Crippen molar-refractivity contribution in [1.82, 2.24) is 9.88 Å². The second kappa shape index (κ2) is 6.46. The number of aromatic nitrogens is 1. The number of pyridine rings is 1. The lowest BCUT2D eigenvalue weighted by molar-refractivity contribution is -0.145. The molecule has 0 aliphatic carbocycles. The molecule has 2 aliphatic heterocycles. The molecule has 2 saturated heterocycles. The number of carbonyl (C=O) groups is 1. The van der Waals surface area contributed by atoms with Gasteiger partial charge in [-0.25, -0.2) is 0 Å². The van der Waals surface area contributed by atoms with E-state index in [1.165, 1.54) is 0 Å². The second-order valence-electron chi connectivity index (χ2n) is 7.06. The topological polar surface area (TPSA) is 56.7 Å². The van der Waals surface area contributed by atoms with Crippen LogP contribution in [0.4, 0.5) is 5.69 Å². The molecule has 1 atom stereocenters. The van der Waals surface area contributed by atoms with E-state index in [9.17, 15) is 9.90 Å². The molecule has 4 rings (SSSR count). The molecule has 1 N–H and O–H groups in total. The smallest absolute Gasteiger partial charge is 0.230 e. The molecule has 25 heavy (non-hydrogen) atoms. The number of benzene rings is 1. The third-order valence-electron chi connectivity index (χ3n) is 5.57. The van der Waals surface area contributed by atoms with Gasteiger partial charge in [-0.2, -0.15) is 0 Å². The first-order valence-electron chi connectivity index (χ1n) is 8.82. The zero-order chi connectivity index (χ0) is 17.4. The number of piperidine rings is 1. The van der Waals surface area contributed by atoms with Gasteiger partial charge in [0.25, 0.3) is 0 Å². The van der Waals surface area contributed by atoms with Crippen molar-refractivity contribution in [2.24, 2.45) is 5.41 Å². The summed E-state index contributed by atoms with van der Waals surface area (Å²) in [5, 5.41) is 11.0. The Balaban J connectivity index is 1.64. The number of anilines is 1. The molecule has 6 heteroatoms. The number of rotatable bonds is 3. The number of amides is 1. The van der Waals surface area contributed by atoms with Crippen LogP contribution in [0.25, 0.3) is 10.9 Å². The molecular formula is C19H22ClN3O2. The largest absolute Gasteiger partial charge is 0.395 e. The summed E-state index contributed by atoms with van der Waals surface area (Å²) in [6.45, 7) is 2.83. The van der Waals surface area contributed by atoms with Gasteiger partial charge in [0.05, 0.1) is 17.5 Å². The van der Waals surface area contributed by atoms with Gasteiger partial charge >= 0.3 is 0 Å². The first-order valence-corrected chi connectivity index (χ1v) is 9.20. The highest BCUT2D eigenvalue weighted by Crippen LogP contribution is 2.42. The van der Waals surface area contributed by atoms with E-state index in [0.717, 1.165) is 55.5 Å². The van der Waals surface area contributed by atoms with Gasteiger partial charge < -0.3 is 14.9 Å². The molecule has 1 aromatic heterocycles. The predicted octanol–water partition coefficient (Wildman–Crippen LogP) is 2.70. The van der Waals surface area contributed by atoms with Crippen molar-refractivity contribution < 1.29 is 9.90 Å². The Morgan fingerprint density at radius 1 is 1.24 bits per heavy atom. The Morgan fingerprint density at radius 3 is 2.96 bits per heavy atom. The van der Waals surface area contributed by atoms with Gasteiger partial charge in [0.15, 0.2) is 0 Å². The van der Waals surface area contributed by atoms with E-state index in [0.29, 0.717) is 11.6 Å². The van der Waals surface area contributed by atoms with E-state index in [2.05, 4.69) is 9.88 Å². The van der Waals surface area contributed by atoms with Gasteiger partial charge in [-0.05, 0) is 43.5 Å². The van der Waals surface area contributed by atoms with E-state index >= 15 is 0 Å². The fraction of sp³-hybridized carbons (Fsp3) is 0.474. The lowest BCUT2D eigenvalue weighted by atomic mass is 9.78. The zero-order valence-electron chi connectivity index (χ0n) is 14.1. The van der Waals surface area contributed by atoms with E-state index in [4.69, 9.17) is 11.6 Å². The molecule has 0 radical (unpaired) electrons. The maximum Gasteiger partial charge on any atom is 0.230 e. The van der Waals surface area contributed by atoms with Crippen molar-refractivity contribution in [1.29, 1.82) is 0 Å². The van der Waals surface area contributed by atoms with Gasteiger partial charge in [0, 0.05) is 48.5 Å². The number of β-amino-alcohol motifs (C(OH)–C–C–N with tert-alkyl or cyclic N) is 1. The molecule has 2 aliphatic rings. The van der Waals surface area contributed by atoms with Crippen LogP contribution >= 0.6 is 11.6 Å². The van der Waals surface area contributed by atoms with Gasteiger partial charge in [-0.3, -0.25) is 9.78 Å². The third-order valence-corrected chi connectivity index (χ3v) is 5.81. The fourth-order valence-corrected chi connectivity index (χ4v) is 4.49. The summed E-state index contributed by atoms with van der Waals surface area (Å²) in [4.78, 5) is 21.5. The van der Waals surface area contributed by atoms with E-state index in [1.807, 2.05) is 29.2 Å². The summed E-state index contributed by atoms with van der Waals surface area (Å²) >= 11 is 6.09. The summed E-state index contributed by atoms with van der Waals surface area (Å²) in [5.41, 5.74) is 1.68. The average Bonchev–Trinajstić information content (AvgIpc) is 3.03. The van der Waals surface area contributed by atoms with Crippen LogP contribution in [-0.2, 0) is 4.79 Å². The Labute approximate surface area is 152 Å². The summed E-state index contributed by atoms with van der Waals surface area (Å²) < 4.78 is 0. The van der Waals surface area contributed by atoms with Crippen LogP contribution < -0.4 is 4.90 Å². The molecule has 5 nitrogen and oxygen atoms in total. The number of aliphatic hydroxyl groups is 1. The zero-order valence-corrected chi connectivity index (χ0v) is 14.9. The molecule has 132 valence electrons. The number of aliphatic hydroxyl groups excluding tert-OH is 1. The maximum absolute atomic E-state index is 13.0. The standard InChI is InChI=1S/C19H22ClN3O2/c20-14-2-3-15-16(12-14)21-7-4-17(15)23-9-6-19(13-23)5-1-8-22(10-11-24)18(19)25/h2-4,7,12,24H,1,5-6,8-11,13H2. The van der Waals surface area contributed by atoms with Crippen LogP contribution in [0.3, 0.4) is 0 Å². The molecule has 0 saturated carbocycles. The number of fused-ring (bicyclic) bond motifs is 1. The molecule has 1 unspecified atom stereocenters. The monoisotopic (exact) mass is 359 g/mol. The minimum atomic E-state index is -0.310. The van der Waals surface area contributed by atoms with Gasteiger partial charge in [-0.1, -0.05) is 11.6 Å². The molecular weight excluding hydrogens is 338 g/mol. The quantitative estimate of drug-likeness (QED) is 0.915. The molecule has 3 heterocycles. The van der Waals surface area contributed by atoms with Crippen molar-refractivity contribution in [3.05, 3.63) is 35.5 Å². The van der Waals surface area contributed by atoms with Gasteiger partial charge in [-0.15, -0.1) is 0 Å². The average molecular weight is 360 g/mol. The highest BCUT2D eigenvalue weighted by Gasteiger charge is 2.48. The summed E-state index contributed by atoms with van der Waals surface area (Å²) in [5.74, 6) is 0.205. The van der Waals surface area contributed by atoms with Crippen molar-refractivity contribution in [3.8, 4) is 0 Å². The number of carbonyl (C=O) groups excluding carboxylic acids is 1. The highest BCUT2D eigenvalue weighted by molar-refractivity contribution is 6.31. The van der Waals surface area contributed by atoms with Gasteiger partial charge in [0.1, 0.15) is 0 Å². The van der Waals surface area contributed by atoms with Crippen LogP contribution in [0.15, 0.2) is 30.5 Å². The van der Waals surface area contributed by atoms with Crippen molar-refractivity contribution in [2.75, 3.05) is 37.7 Å². The molecule has 0 bridgehead atoms. The minimum Gasteiger partial charge on any atom is -0.395 e. The molecule has 1 amide bonds. The first-order chi connectivity index (χ1) is 12.1. The van der Waals surface area contributed by atoms with Crippen LogP contribution in [0.5, 0.6) is 0 Å². The number of halogens is 1. The van der Waals surface area contributed by atoms with Crippen LogP contribution in [-0.4, -0.2) is 53.7 Å². The summed E-state index contributed by atoms with van der Waals surface area (Å²) in [7, 11) is 0. The normalized spacial score (nSPS) is 23.8. The number of likely N-dealkylation sites (tertiary alicyclic amines) is 1. The summed E-state index contributed by atoms with van der Waals surface area (Å²) in [6, 6.07) is 7.79. The van der Waals surface area contributed by atoms with Gasteiger partial charge in [0.2, 0.25) is 5.91 Å². The molecule has 1 aromatic carbocycles. The van der Waals surface area contributed by atoms with E-state index in [-0.39, 0.29) is 17.9 Å². The lowest BCUT2D eigenvalue weighted by Gasteiger charge is -2.39. The Kier molecular flexibility index (Phi) is 4.29. The number of hydrogen-bond acceptors (Lipinski definition) is 4. The highest BCUT2D eigenvalue weighted by atomic mass is 35.5. The molecule has 2 fully saturated rings. The predicted molar refractivity (Wildman–Crippen MR) is 98.9 cm³/mol. The number of nitrogens with zero attached hydrogens (tertiary/aromatic N) is 3. The third kappa shape index (κ3) is 2.85. The Hall–Kier alpha value is -1.85. The SMILES string of the molecule is O=C1N(CCO)CCCC12CCN(c1ccnc3cc(Cl)ccc13)C2. The molecule has 2 aromatic rings. The minimum absolute atomic E-state index is 0.0291. The number of hydrogen-bond donors (Lipinski definition) is 1. The fourth-order valence-electron chi connectivity index (χ4n) is 4.32. The molecule has 1 spiro atoms. The Bertz CT molecular complexity index is 810. The first kappa shape index (κ1) is 16.6. The van der Waals surface area contributed by atoms with E-state index in [1.54, 1.807) is 6.20 Å². The Morgan fingerprint density at radius 2 is 2.12 bits per heavy atom. The second-order valence-corrected chi connectivity index (χ2v) is 7.50. The summed E-state index contributed by atoms with van der Waals surface area (Å²) in [6.07, 6.45) is 4.61. The lowest BCUT2D eigenvalue weighted by Crippen LogP contribution is -2.50. The van der Waals surface area contributed by atoms with E-state index < -0.39 is 0 Å². The van der Waals surface area contributed by atoms with Crippen molar-refractivity contribution in [3.63, 3.8) is 0 Å².